The number of amides is 3. The molecule has 1 aromatic rings. The first kappa shape index (κ1) is 11.8. The van der Waals surface area contributed by atoms with Gasteiger partial charge in [-0.2, -0.15) is 0 Å². The van der Waals surface area contributed by atoms with Crippen molar-refractivity contribution in [2.75, 3.05) is 5.73 Å². The molecule has 1 saturated heterocycles. The first-order valence-electron chi connectivity index (χ1n) is 5.30. The van der Waals surface area contributed by atoms with Gasteiger partial charge in [-0.1, -0.05) is 6.92 Å². The van der Waals surface area contributed by atoms with Crippen LogP contribution in [0.5, 0.6) is 0 Å². The minimum atomic E-state index is -0.784. The van der Waals surface area contributed by atoms with Crippen molar-refractivity contribution in [3.05, 3.63) is 11.1 Å². The molecule has 2 heterocycles. The Hall–Kier alpha value is -1.63. The van der Waals surface area contributed by atoms with E-state index in [0.29, 0.717) is 11.6 Å². The maximum atomic E-state index is 12.1. The third-order valence-electron chi connectivity index (χ3n) is 2.94. The molecule has 17 heavy (non-hydrogen) atoms. The number of anilines is 1. The zero-order valence-electron chi connectivity index (χ0n) is 9.69. The number of hydrogen-bond donors (Lipinski definition) is 2. The average Bonchev–Trinajstić information content (AvgIpc) is 2.78. The Kier molecular flexibility index (Phi) is 2.78. The molecule has 1 unspecified atom stereocenters. The lowest BCUT2D eigenvalue weighted by molar-refractivity contribution is -0.131. The zero-order chi connectivity index (χ0) is 12.6. The van der Waals surface area contributed by atoms with Crippen LogP contribution >= 0.6 is 11.3 Å². The van der Waals surface area contributed by atoms with Crippen LogP contribution in [-0.4, -0.2) is 27.4 Å². The second kappa shape index (κ2) is 3.99. The molecule has 0 bridgehead atoms. The maximum Gasteiger partial charge on any atom is 0.325 e. The molecule has 3 N–H and O–H groups in total. The van der Waals surface area contributed by atoms with E-state index in [-0.39, 0.29) is 18.5 Å². The van der Waals surface area contributed by atoms with Gasteiger partial charge in [0.25, 0.3) is 5.91 Å². The van der Waals surface area contributed by atoms with Crippen LogP contribution in [0.4, 0.5) is 9.93 Å². The van der Waals surface area contributed by atoms with Crippen LogP contribution in [0.3, 0.4) is 0 Å². The molecular formula is C10H14N4O2S. The summed E-state index contributed by atoms with van der Waals surface area (Å²) < 4.78 is 0. The van der Waals surface area contributed by atoms with Gasteiger partial charge in [0.15, 0.2) is 5.13 Å². The van der Waals surface area contributed by atoms with Gasteiger partial charge in [0.2, 0.25) is 0 Å². The van der Waals surface area contributed by atoms with E-state index in [0.717, 1.165) is 4.88 Å². The van der Waals surface area contributed by atoms with Gasteiger partial charge < -0.3 is 11.1 Å². The van der Waals surface area contributed by atoms with E-state index >= 15 is 0 Å². The number of aromatic nitrogens is 1. The van der Waals surface area contributed by atoms with Crippen molar-refractivity contribution in [2.45, 2.75) is 32.4 Å². The van der Waals surface area contributed by atoms with Crippen LogP contribution in [0.25, 0.3) is 0 Å². The Morgan fingerprint density at radius 2 is 2.29 bits per heavy atom. The van der Waals surface area contributed by atoms with Gasteiger partial charge in [-0.25, -0.2) is 9.78 Å². The molecule has 7 heteroatoms. The molecule has 1 aliphatic rings. The molecule has 1 fully saturated rings. The van der Waals surface area contributed by atoms with E-state index < -0.39 is 5.54 Å². The van der Waals surface area contributed by atoms with Crippen molar-refractivity contribution < 1.29 is 9.59 Å². The number of hydrogen-bond acceptors (Lipinski definition) is 5. The first-order chi connectivity index (χ1) is 7.96. The van der Waals surface area contributed by atoms with Crippen molar-refractivity contribution in [1.82, 2.24) is 15.2 Å². The van der Waals surface area contributed by atoms with Crippen molar-refractivity contribution >= 4 is 28.4 Å². The fourth-order valence-electron chi connectivity index (χ4n) is 1.68. The molecule has 2 rings (SSSR count). The van der Waals surface area contributed by atoms with Crippen LogP contribution in [0.15, 0.2) is 6.20 Å². The number of nitrogens with one attached hydrogen (secondary N) is 1. The molecule has 3 amide bonds. The van der Waals surface area contributed by atoms with E-state index in [1.54, 1.807) is 13.1 Å². The molecule has 1 aromatic heterocycles. The number of carbonyl (C=O) groups excluding carboxylic acids is 2. The monoisotopic (exact) mass is 254 g/mol. The zero-order valence-corrected chi connectivity index (χ0v) is 10.5. The topological polar surface area (TPSA) is 88.3 Å². The predicted molar refractivity (Wildman–Crippen MR) is 64.3 cm³/mol. The Morgan fingerprint density at radius 3 is 2.76 bits per heavy atom. The maximum absolute atomic E-state index is 12.1. The highest BCUT2D eigenvalue weighted by Gasteiger charge is 2.46. The second-order valence-corrected chi connectivity index (χ2v) is 5.32. The van der Waals surface area contributed by atoms with Crippen LogP contribution in [0.1, 0.15) is 25.1 Å². The fraction of sp³-hybridized carbons (Fsp3) is 0.500. The number of nitrogen functional groups attached to an aromatic ring is 1. The standard InChI is InChI=1S/C10H14N4O2S/c1-3-10(2)7(15)14(9(16)13-10)5-6-4-12-8(11)17-6/h4H,3,5H2,1-2H3,(H2,11,12)(H,13,16). The van der Waals surface area contributed by atoms with Crippen LogP contribution in [0.2, 0.25) is 0 Å². The highest BCUT2D eigenvalue weighted by atomic mass is 32.1. The lowest BCUT2D eigenvalue weighted by Gasteiger charge is -2.18. The molecule has 0 radical (unpaired) electrons. The quantitative estimate of drug-likeness (QED) is 0.786. The van der Waals surface area contributed by atoms with Gasteiger partial charge in [-0.05, 0) is 13.3 Å². The van der Waals surface area contributed by atoms with Gasteiger partial charge in [-0.15, -0.1) is 11.3 Å². The smallest absolute Gasteiger partial charge is 0.325 e. The largest absolute Gasteiger partial charge is 0.375 e. The summed E-state index contributed by atoms with van der Waals surface area (Å²) >= 11 is 1.28. The van der Waals surface area contributed by atoms with Gasteiger partial charge in [0.05, 0.1) is 6.54 Å². The summed E-state index contributed by atoms with van der Waals surface area (Å²) in [6.45, 7) is 3.83. The number of nitrogens with two attached hydrogens (primary N) is 1. The van der Waals surface area contributed by atoms with Gasteiger partial charge in [-0.3, -0.25) is 9.69 Å². The third-order valence-corrected chi connectivity index (χ3v) is 3.75. The summed E-state index contributed by atoms with van der Waals surface area (Å²) in [7, 11) is 0. The van der Waals surface area contributed by atoms with Crippen molar-refractivity contribution in [3.8, 4) is 0 Å². The molecule has 0 spiro atoms. The molecule has 0 aliphatic carbocycles. The molecule has 1 atom stereocenters. The molecule has 92 valence electrons. The Labute approximate surface area is 103 Å². The highest BCUT2D eigenvalue weighted by molar-refractivity contribution is 7.15. The second-order valence-electron chi connectivity index (χ2n) is 4.17. The van der Waals surface area contributed by atoms with E-state index in [2.05, 4.69) is 10.3 Å². The first-order valence-corrected chi connectivity index (χ1v) is 6.12. The SMILES string of the molecule is CCC1(C)NC(=O)N(Cc2cnc(N)s2)C1=O. The summed E-state index contributed by atoms with van der Waals surface area (Å²) in [6, 6.07) is -0.355. The predicted octanol–water partition coefficient (Wildman–Crippen LogP) is 0.946. The van der Waals surface area contributed by atoms with Crippen LogP contribution < -0.4 is 11.1 Å². The Bertz CT molecular complexity index is 473. The van der Waals surface area contributed by atoms with E-state index in [1.807, 2.05) is 6.92 Å². The summed E-state index contributed by atoms with van der Waals surface area (Å²) in [6.07, 6.45) is 2.15. The van der Waals surface area contributed by atoms with Crippen LogP contribution in [0, 0.1) is 0 Å². The lowest BCUT2D eigenvalue weighted by Crippen LogP contribution is -2.43. The highest BCUT2D eigenvalue weighted by Crippen LogP contribution is 2.24. The molecule has 6 nitrogen and oxygen atoms in total. The van der Waals surface area contributed by atoms with E-state index in [1.165, 1.54) is 16.2 Å². The summed E-state index contributed by atoms with van der Waals surface area (Å²) in [4.78, 5) is 29.7. The minimum Gasteiger partial charge on any atom is -0.375 e. The van der Waals surface area contributed by atoms with Crippen LogP contribution in [-0.2, 0) is 11.3 Å². The fourth-order valence-corrected chi connectivity index (χ4v) is 2.35. The number of rotatable bonds is 3. The van der Waals surface area contributed by atoms with E-state index in [9.17, 15) is 9.59 Å². The van der Waals surface area contributed by atoms with E-state index in [4.69, 9.17) is 5.73 Å². The van der Waals surface area contributed by atoms with Gasteiger partial charge >= 0.3 is 6.03 Å². The molecule has 0 aromatic carbocycles. The number of imide groups is 1. The minimum absolute atomic E-state index is 0.197. The van der Waals surface area contributed by atoms with Crippen molar-refractivity contribution in [1.29, 1.82) is 0 Å². The number of nitrogens with zero attached hydrogens (tertiary/aromatic N) is 2. The van der Waals surface area contributed by atoms with Gasteiger partial charge in [0.1, 0.15) is 5.54 Å². The molecule has 1 aliphatic heterocycles. The summed E-state index contributed by atoms with van der Waals surface area (Å²) in [5.41, 5.74) is 4.72. The summed E-state index contributed by atoms with van der Waals surface area (Å²) in [5.74, 6) is -0.197. The normalized spacial score (nSPS) is 24.2. The summed E-state index contributed by atoms with van der Waals surface area (Å²) in [5, 5.41) is 3.13. The average molecular weight is 254 g/mol. The number of thiazole rings is 1. The van der Waals surface area contributed by atoms with Gasteiger partial charge in [0, 0.05) is 11.1 Å². The molecule has 0 saturated carbocycles. The van der Waals surface area contributed by atoms with Crippen molar-refractivity contribution in [3.63, 3.8) is 0 Å². The number of urea groups is 1. The number of carbonyl (C=O) groups is 2. The van der Waals surface area contributed by atoms with Crippen molar-refractivity contribution in [2.24, 2.45) is 0 Å². The third kappa shape index (κ3) is 1.97. The Morgan fingerprint density at radius 1 is 1.59 bits per heavy atom. The molecular weight excluding hydrogens is 240 g/mol. The lowest BCUT2D eigenvalue weighted by atomic mass is 9.99. The Balaban J connectivity index is 2.17.